The number of amides is 3. The van der Waals surface area contributed by atoms with Gasteiger partial charge in [0.05, 0.1) is 18.0 Å². The maximum Gasteiger partial charge on any atom is 0.322 e. The monoisotopic (exact) mass is 331 g/mol. The molecule has 3 amide bonds. The Labute approximate surface area is 138 Å². The number of rotatable bonds is 5. The summed E-state index contributed by atoms with van der Waals surface area (Å²) in [5, 5.41) is 2.56. The first kappa shape index (κ1) is 16.0. The van der Waals surface area contributed by atoms with E-state index in [0.29, 0.717) is 5.76 Å². The normalized spacial score (nSPS) is 14.9. The number of carbonyl (C=O) groups excluding carboxylic acids is 2. The van der Waals surface area contributed by atoms with Gasteiger partial charge in [-0.05, 0) is 50.1 Å². The predicted octanol–water partition coefficient (Wildman–Crippen LogP) is 3.28. The molecule has 1 aromatic heterocycles. The maximum absolute atomic E-state index is 14.1. The molecule has 1 heterocycles. The number of nitrogens with one attached hydrogen (secondary N) is 1. The van der Waals surface area contributed by atoms with E-state index in [2.05, 4.69) is 5.32 Å². The fourth-order valence-corrected chi connectivity index (χ4v) is 2.63. The molecule has 1 atom stereocenters. The molecule has 0 saturated heterocycles. The van der Waals surface area contributed by atoms with Crippen LogP contribution in [0.3, 0.4) is 0 Å². The van der Waals surface area contributed by atoms with Crippen LogP contribution in [0.2, 0.25) is 0 Å². The van der Waals surface area contributed by atoms with Gasteiger partial charge in [0.15, 0.2) is 0 Å². The largest absolute Gasteiger partial charge is 0.467 e. The fourth-order valence-electron chi connectivity index (χ4n) is 2.63. The summed E-state index contributed by atoms with van der Waals surface area (Å²) in [5.74, 6) is -0.763. The van der Waals surface area contributed by atoms with Crippen molar-refractivity contribution >= 4 is 17.6 Å². The number of nitrogens with zero attached hydrogens (tertiary/aromatic N) is 1. The first-order valence-corrected chi connectivity index (χ1v) is 7.69. The van der Waals surface area contributed by atoms with E-state index in [1.807, 2.05) is 6.92 Å². The molecule has 1 unspecified atom stereocenters. The average molecular weight is 331 g/mol. The van der Waals surface area contributed by atoms with Crippen LogP contribution in [-0.4, -0.2) is 22.9 Å². The van der Waals surface area contributed by atoms with Gasteiger partial charge >= 0.3 is 6.03 Å². The molecular formula is C17H18FN3O3. The number of hydrogen-bond donors (Lipinski definition) is 2. The highest BCUT2D eigenvalue weighted by Gasteiger charge is 2.37. The molecule has 0 spiro atoms. The Morgan fingerprint density at radius 1 is 1.38 bits per heavy atom. The van der Waals surface area contributed by atoms with E-state index in [1.54, 1.807) is 23.3 Å². The Bertz CT molecular complexity index is 756. The van der Waals surface area contributed by atoms with Crippen molar-refractivity contribution in [3.05, 3.63) is 53.7 Å². The first-order chi connectivity index (χ1) is 11.5. The van der Waals surface area contributed by atoms with Gasteiger partial charge in [0.2, 0.25) is 5.91 Å². The van der Waals surface area contributed by atoms with Crippen LogP contribution < -0.4 is 11.1 Å². The molecule has 0 aliphatic heterocycles. The number of carbonyl (C=O) groups is 2. The van der Waals surface area contributed by atoms with Gasteiger partial charge in [0, 0.05) is 11.6 Å². The van der Waals surface area contributed by atoms with Crippen molar-refractivity contribution < 1.29 is 18.4 Å². The highest BCUT2D eigenvalue weighted by atomic mass is 19.1. The van der Waals surface area contributed by atoms with Crippen LogP contribution in [0.25, 0.3) is 0 Å². The molecule has 1 saturated carbocycles. The molecule has 6 nitrogen and oxygen atoms in total. The zero-order valence-corrected chi connectivity index (χ0v) is 13.2. The lowest BCUT2D eigenvalue weighted by molar-refractivity contribution is 0.1000. The summed E-state index contributed by atoms with van der Waals surface area (Å²) in [6.07, 6.45) is 3.36. The number of halogens is 1. The maximum atomic E-state index is 14.1. The molecule has 126 valence electrons. The molecule has 1 fully saturated rings. The summed E-state index contributed by atoms with van der Waals surface area (Å²) >= 11 is 0. The fraction of sp³-hybridized carbons (Fsp3) is 0.294. The highest BCUT2D eigenvalue weighted by molar-refractivity contribution is 5.94. The number of furan rings is 1. The zero-order chi connectivity index (χ0) is 17.3. The second kappa shape index (κ2) is 6.35. The zero-order valence-electron chi connectivity index (χ0n) is 13.2. The topological polar surface area (TPSA) is 88.6 Å². The summed E-state index contributed by atoms with van der Waals surface area (Å²) < 4.78 is 19.4. The minimum Gasteiger partial charge on any atom is -0.467 e. The van der Waals surface area contributed by atoms with Gasteiger partial charge in [-0.25, -0.2) is 9.18 Å². The van der Waals surface area contributed by atoms with E-state index in [0.717, 1.165) is 18.9 Å². The molecule has 3 N–H and O–H groups in total. The van der Waals surface area contributed by atoms with E-state index in [4.69, 9.17) is 10.2 Å². The van der Waals surface area contributed by atoms with Crippen LogP contribution in [0.5, 0.6) is 0 Å². The van der Waals surface area contributed by atoms with Gasteiger partial charge in [0.25, 0.3) is 0 Å². The SMILES string of the molecule is CC(c1ccco1)N(C(=O)Nc1ccc(C(N)=O)cc1F)C1CC1. The van der Waals surface area contributed by atoms with E-state index >= 15 is 0 Å². The molecule has 2 aromatic rings. The van der Waals surface area contributed by atoms with Crippen molar-refractivity contribution in [2.24, 2.45) is 5.73 Å². The van der Waals surface area contributed by atoms with Crippen LogP contribution in [0.4, 0.5) is 14.9 Å². The molecule has 0 bridgehead atoms. The summed E-state index contributed by atoms with van der Waals surface area (Å²) in [4.78, 5) is 25.3. The van der Waals surface area contributed by atoms with Gasteiger partial charge in [0.1, 0.15) is 11.6 Å². The van der Waals surface area contributed by atoms with E-state index in [1.165, 1.54) is 12.1 Å². The lowest BCUT2D eigenvalue weighted by atomic mass is 10.2. The van der Waals surface area contributed by atoms with Gasteiger partial charge < -0.3 is 20.4 Å². The molecule has 0 radical (unpaired) electrons. The minimum absolute atomic E-state index is 0.00212. The summed E-state index contributed by atoms with van der Waals surface area (Å²) in [5.41, 5.74) is 5.16. The van der Waals surface area contributed by atoms with E-state index < -0.39 is 17.8 Å². The van der Waals surface area contributed by atoms with Gasteiger partial charge in [-0.2, -0.15) is 0 Å². The third kappa shape index (κ3) is 3.24. The Kier molecular flexibility index (Phi) is 4.24. The Morgan fingerprint density at radius 2 is 2.12 bits per heavy atom. The molecule has 1 aliphatic carbocycles. The van der Waals surface area contributed by atoms with Crippen molar-refractivity contribution in [1.82, 2.24) is 4.90 Å². The number of urea groups is 1. The Morgan fingerprint density at radius 3 is 2.67 bits per heavy atom. The molecule has 1 aromatic carbocycles. The van der Waals surface area contributed by atoms with Gasteiger partial charge in [-0.3, -0.25) is 4.79 Å². The molecule has 24 heavy (non-hydrogen) atoms. The molecule has 7 heteroatoms. The Balaban J connectivity index is 1.78. The van der Waals surface area contributed by atoms with Crippen molar-refractivity contribution in [2.75, 3.05) is 5.32 Å². The second-order valence-electron chi connectivity index (χ2n) is 5.82. The van der Waals surface area contributed by atoms with Crippen LogP contribution in [0.1, 0.15) is 41.9 Å². The lowest BCUT2D eigenvalue weighted by Gasteiger charge is -2.28. The Hall–Kier alpha value is -2.83. The number of nitrogens with two attached hydrogens (primary N) is 1. The molecule has 3 rings (SSSR count). The van der Waals surface area contributed by atoms with Gasteiger partial charge in [-0.15, -0.1) is 0 Å². The highest BCUT2D eigenvalue weighted by Crippen LogP contribution is 2.35. The summed E-state index contributed by atoms with van der Waals surface area (Å²) in [6.45, 7) is 1.86. The van der Waals surface area contributed by atoms with Crippen LogP contribution in [-0.2, 0) is 0 Å². The second-order valence-corrected chi connectivity index (χ2v) is 5.82. The quantitative estimate of drug-likeness (QED) is 0.881. The molecular weight excluding hydrogens is 313 g/mol. The smallest absolute Gasteiger partial charge is 0.322 e. The number of benzene rings is 1. The van der Waals surface area contributed by atoms with Crippen molar-refractivity contribution in [1.29, 1.82) is 0 Å². The standard InChI is InChI=1S/C17H18FN3O3/c1-10(15-3-2-8-24-15)21(12-5-6-12)17(23)20-14-7-4-11(16(19)22)9-13(14)18/h2-4,7-10,12H,5-6H2,1H3,(H2,19,22)(H,20,23). The van der Waals surface area contributed by atoms with Crippen molar-refractivity contribution in [3.8, 4) is 0 Å². The average Bonchev–Trinajstić information content (AvgIpc) is 3.21. The number of anilines is 1. The summed E-state index contributed by atoms with van der Waals surface area (Å²) in [6, 6.07) is 6.71. The predicted molar refractivity (Wildman–Crippen MR) is 85.9 cm³/mol. The number of primary amides is 1. The summed E-state index contributed by atoms with van der Waals surface area (Å²) in [7, 11) is 0. The van der Waals surface area contributed by atoms with Gasteiger partial charge in [-0.1, -0.05) is 0 Å². The van der Waals surface area contributed by atoms with Crippen LogP contribution in [0, 0.1) is 5.82 Å². The first-order valence-electron chi connectivity index (χ1n) is 7.69. The van der Waals surface area contributed by atoms with E-state index in [9.17, 15) is 14.0 Å². The minimum atomic E-state index is -0.724. The number of hydrogen-bond acceptors (Lipinski definition) is 3. The van der Waals surface area contributed by atoms with E-state index in [-0.39, 0.29) is 23.3 Å². The third-order valence-electron chi connectivity index (χ3n) is 4.04. The molecule has 1 aliphatic rings. The lowest BCUT2D eigenvalue weighted by Crippen LogP contribution is -2.38. The van der Waals surface area contributed by atoms with Crippen molar-refractivity contribution in [2.45, 2.75) is 31.8 Å². The van der Waals surface area contributed by atoms with Crippen molar-refractivity contribution in [3.63, 3.8) is 0 Å². The van der Waals surface area contributed by atoms with Crippen LogP contribution >= 0.6 is 0 Å². The third-order valence-corrected chi connectivity index (χ3v) is 4.04. The van der Waals surface area contributed by atoms with Crippen LogP contribution in [0.15, 0.2) is 41.0 Å².